The number of alkyl halides is 1. The molecular formula is C21H25FN4O4S. The molecule has 1 aromatic heterocycles. The van der Waals surface area contributed by atoms with Gasteiger partial charge in [-0.25, -0.2) is 13.9 Å². The number of carbonyl (C=O) groups excluding carboxylic acids is 1. The van der Waals surface area contributed by atoms with Crippen LogP contribution < -0.4 is 16.0 Å². The van der Waals surface area contributed by atoms with Gasteiger partial charge in [0.15, 0.2) is 6.17 Å². The van der Waals surface area contributed by atoms with Gasteiger partial charge in [-0.3, -0.25) is 18.7 Å². The number of rotatable bonds is 7. The maximum Gasteiger partial charge on any atom is 0.331 e. The molecule has 3 fully saturated rings. The fraction of sp³-hybridized carbons (Fsp3) is 0.571. The molecule has 0 bridgehead atoms. The van der Waals surface area contributed by atoms with Crippen molar-refractivity contribution in [3.8, 4) is 0 Å². The first-order chi connectivity index (χ1) is 14.8. The first-order valence-corrected chi connectivity index (χ1v) is 11.5. The molecule has 10 heteroatoms. The van der Waals surface area contributed by atoms with E-state index in [1.165, 1.54) is 28.3 Å². The van der Waals surface area contributed by atoms with Crippen molar-refractivity contribution in [2.45, 2.75) is 62.0 Å². The number of hydrogen-bond acceptors (Lipinski definition) is 6. The first-order valence-electron chi connectivity index (χ1n) is 10.6. The highest BCUT2D eigenvalue weighted by Crippen LogP contribution is 2.36. The van der Waals surface area contributed by atoms with Crippen molar-refractivity contribution in [1.29, 1.82) is 0 Å². The molecule has 3 aliphatic rings. The van der Waals surface area contributed by atoms with Gasteiger partial charge in [0.05, 0.1) is 16.9 Å². The van der Waals surface area contributed by atoms with E-state index in [9.17, 15) is 23.9 Å². The molecule has 2 saturated carbocycles. The summed E-state index contributed by atoms with van der Waals surface area (Å²) in [6, 6.07) is 4.91. The van der Waals surface area contributed by atoms with Crippen LogP contribution in [0.1, 0.15) is 38.6 Å². The third-order valence-corrected chi connectivity index (χ3v) is 7.22. The minimum atomic E-state index is -1.60. The van der Waals surface area contributed by atoms with Crippen molar-refractivity contribution in [2.75, 3.05) is 13.1 Å². The van der Waals surface area contributed by atoms with Crippen molar-refractivity contribution in [1.82, 2.24) is 18.8 Å². The van der Waals surface area contributed by atoms with Crippen molar-refractivity contribution in [2.24, 2.45) is 5.92 Å². The van der Waals surface area contributed by atoms with Crippen LogP contribution in [0.2, 0.25) is 0 Å². The summed E-state index contributed by atoms with van der Waals surface area (Å²) in [5.41, 5.74) is -1.03. The Bertz CT molecular complexity index is 1160. The van der Waals surface area contributed by atoms with Gasteiger partial charge in [-0.05, 0) is 68.7 Å². The van der Waals surface area contributed by atoms with Crippen LogP contribution in [0.15, 0.2) is 32.7 Å². The van der Waals surface area contributed by atoms with Crippen LogP contribution in [0, 0.1) is 5.92 Å². The number of likely N-dealkylation sites (tertiary alicyclic amines) is 1. The Morgan fingerprint density at radius 1 is 1.32 bits per heavy atom. The van der Waals surface area contributed by atoms with E-state index < -0.39 is 29.4 Å². The Labute approximate surface area is 182 Å². The van der Waals surface area contributed by atoms with E-state index in [0.29, 0.717) is 36.2 Å². The summed E-state index contributed by atoms with van der Waals surface area (Å²) in [5, 5.41) is 10.4. The van der Waals surface area contributed by atoms with E-state index in [1.54, 1.807) is 16.7 Å². The molecule has 1 amide bonds. The van der Waals surface area contributed by atoms with E-state index in [0.717, 1.165) is 17.7 Å². The van der Waals surface area contributed by atoms with Gasteiger partial charge in [0, 0.05) is 24.5 Å². The number of benzene rings is 1. The van der Waals surface area contributed by atoms with Gasteiger partial charge in [-0.1, -0.05) is 0 Å². The highest BCUT2D eigenvalue weighted by atomic mass is 32.2. The Morgan fingerprint density at radius 3 is 2.65 bits per heavy atom. The van der Waals surface area contributed by atoms with Crippen LogP contribution in [0.25, 0.3) is 10.9 Å². The van der Waals surface area contributed by atoms with Crippen LogP contribution in [-0.2, 0) is 11.3 Å². The number of halogens is 1. The number of fused-ring (bicyclic) bond motifs is 1. The van der Waals surface area contributed by atoms with Crippen LogP contribution in [0.3, 0.4) is 0 Å². The standard InChI is InChI=1S/C21H25FN4O4S/c1-12(22)18(27)24-10-14(11-24)26-19(28)16-8-15(31-23-21(30)6-7-21)4-5-17(16)25(20(26)29)9-13-2-3-13/h4-5,8,12-14,23,30H,2-3,6-7,9-11H2,1H3. The van der Waals surface area contributed by atoms with Gasteiger partial charge in [0.25, 0.3) is 11.5 Å². The minimum Gasteiger partial charge on any atom is -0.375 e. The van der Waals surface area contributed by atoms with E-state index in [1.807, 2.05) is 6.07 Å². The normalized spacial score (nSPS) is 21.2. The number of carbonyl (C=O) groups is 1. The molecule has 2 heterocycles. The quantitative estimate of drug-likeness (QED) is 0.491. The van der Waals surface area contributed by atoms with Gasteiger partial charge >= 0.3 is 5.69 Å². The van der Waals surface area contributed by atoms with E-state index in [2.05, 4.69) is 4.72 Å². The molecule has 31 heavy (non-hydrogen) atoms. The summed E-state index contributed by atoms with van der Waals surface area (Å²) < 4.78 is 19.2. The van der Waals surface area contributed by atoms with Gasteiger partial charge in [-0.2, -0.15) is 0 Å². The molecule has 1 aliphatic heterocycles. The zero-order valence-corrected chi connectivity index (χ0v) is 18.0. The van der Waals surface area contributed by atoms with E-state index >= 15 is 0 Å². The zero-order valence-electron chi connectivity index (χ0n) is 17.2. The molecular weight excluding hydrogens is 423 g/mol. The zero-order chi connectivity index (χ0) is 21.9. The topological polar surface area (TPSA) is 96.6 Å². The van der Waals surface area contributed by atoms with Crippen molar-refractivity contribution >= 4 is 28.8 Å². The first kappa shape index (κ1) is 20.7. The molecule has 0 radical (unpaired) electrons. The Hall–Kier alpha value is -2.17. The minimum absolute atomic E-state index is 0.153. The molecule has 166 valence electrons. The van der Waals surface area contributed by atoms with Crippen LogP contribution >= 0.6 is 11.9 Å². The summed E-state index contributed by atoms with van der Waals surface area (Å²) in [7, 11) is 0. The van der Waals surface area contributed by atoms with Crippen LogP contribution in [0.4, 0.5) is 4.39 Å². The number of aliphatic hydroxyl groups is 1. The van der Waals surface area contributed by atoms with E-state index in [4.69, 9.17) is 0 Å². The molecule has 2 aromatic rings. The van der Waals surface area contributed by atoms with Gasteiger partial charge < -0.3 is 10.0 Å². The van der Waals surface area contributed by atoms with Crippen LogP contribution in [0.5, 0.6) is 0 Å². The van der Waals surface area contributed by atoms with Gasteiger partial charge in [0.2, 0.25) is 0 Å². The average molecular weight is 449 g/mol. The SMILES string of the molecule is CC(F)C(=O)N1CC(n2c(=O)c3cc(SNC4(O)CC4)ccc3n(CC3CC3)c2=O)C1. The molecule has 1 aromatic carbocycles. The molecule has 5 rings (SSSR count). The molecule has 2 N–H and O–H groups in total. The summed E-state index contributed by atoms with van der Waals surface area (Å²) in [6.45, 7) is 2.04. The summed E-state index contributed by atoms with van der Waals surface area (Å²) in [4.78, 5) is 40.5. The Kier molecular flexibility index (Phi) is 4.98. The van der Waals surface area contributed by atoms with E-state index in [-0.39, 0.29) is 18.8 Å². The summed E-state index contributed by atoms with van der Waals surface area (Å²) in [5.74, 6) is -0.190. The average Bonchev–Trinajstić information content (AvgIpc) is 3.63. The molecule has 0 spiro atoms. The predicted octanol–water partition coefficient (Wildman–Crippen LogP) is 1.39. The second-order valence-corrected chi connectivity index (χ2v) is 9.82. The molecule has 1 unspecified atom stereocenters. The predicted molar refractivity (Wildman–Crippen MR) is 115 cm³/mol. The number of nitrogens with one attached hydrogen (secondary N) is 1. The smallest absolute Gasteiger partial charge is 0.331 e. The lowest BCUT2D eigenvalue weighted by atomic mass is 10.1. The lowest BCUT2D eigenvalue weighted by Crippen LogP contribution is -2.58. The van der Waals surface area contributed by atoms with Gasteiger partial charge in [-0.15, -0.1) is 0 Å². The third-order valence-electron chi connectivity index (χ3n) is 6.24. The highest BCUT2D eigenvalue weighted by molar-refractivity contribution is 7.97. The number of hydrogen-bond donors (Lipinski definition) is 2. The lowest BCUT2D eigenvalue weighted by Gasteiger charge is -2.40. The fourth-order valence-electron chi connectivity index (χ4n) is 3.92. The van der Waals surface area contributed by atoms with Crippen LogP contribution in [-0.4, -0.2) is 50.0 Å². The Morgan fingerprint density at radius 2 is 2.03 bits per heavy atom. The summed E-state index contributed by atoms with van der Waals surface area (Å²) >= 11 is 1.26. The third kappa shape index (κ3) is 3.92. The lowest BCUT2D eigenvalue weighted by molar-refractivity contribution is -0.141. The second kappa shape index (κ2) is 7.46. The second-order valence-electron chi connectivity index (χ2n) is 8.94. The molecule has 8 nitrogen and oxygen atoms in total. The number of aromatic nitrogens is 2. The largest absolute Gasteiger partial charge is 0.375 e. The molecule has 1 saturated heterocycles. The van der Waals surface area contributed by atoms with Crippen molar-refractivity contribution < 1.29 is 14.3 Å². The summed E-state index contributed by atoms with van der Waals surface area (Å²) in [6.07, 6.45) is 1.90. The number of amides is 1. The molecule has 1 atom stereocenters. The number of nitrogens with zero attached hydrogens (tertiary/aromatic N) is 3. The van der Waals surface area contributed by atoms with Gasteiger partial charge in [0.1, 0.15) is 5.72 Å². The maximum atomic E-state index is 13.3. The fourth-order valence-corrected chi connectivity index (χ4v) is 4.74. The van der Waals surface area contributed by atoms with Crippen molar-refractivity contribution in [3.05, 3.63) is 39.0 Å². The van der Waals surface area contributed by atoms with Crippen molar-refractivity contribution in [3.63, 3.8) is 0 Å². The highest BCUT2D eigenvalue weighted by Gasteiger charge is 2.40. The monoisotopic (exact) mass is 448 g/mol. The molecule has 2 aliphatic carbocycles. The Balaban J connectivity index is 1.52. The maximum absolute atomic E-state index is 13.3.